The lowest BCUT2D eigenvalue weighted by Gasteiger charge is -2.11. The predicted molar refractivity (Wildman–Crippen MR) is 165 cm³/mol. The fraction of sp³-hybridized carbons (Fsp3) is 0.0333. The van der Waals surface area contributed by atoms with Crippen molar-refractivity contribution >= 4 is 62.7 Å². The van der Waals surface area contributed by atoms with E-state index in [1.165, 1.54) is 36.5 Å². The monoisotopic (exact) mass is 629 g/mol. The van der Waals surface area contributed by atoms with Crippen molar-refractivity contribution in [1.29, 1.82) is 0 Å². The molecule has 0 radical (unpaired) electrons. The van der Waals surface area contributed by atoms with E-state index in [-0.39, 0.29) is 45.6 Å². The molecule has 2 aromatic heterocycles. The van der Waals surface area contributed by atoms with Gasteiger partial charge in [0.25, 0.3) is 11.2 Å². The van der Waals surface area contributed by atoms with Crippen molar-refractivity contribution in [2.45, 2.75) is 6.61 Å². The largest absolute Gasteiger partial charge is 0.481 e. The van der Waals surface area contributed by atoms with E-state index in [4.69, 9.17) is 32.4 Å². The Morgan fingerprint density at radius 3 is 2.45 bits per heavy atom. The maximum Gasteiger partial charge on any atom is 0.313 e. The van der Waals surface area contributed by atoms with E-state index in [2.05, 4.69) is 10.1 Å². The first-order valence-corrected chi connectivity index (χ1v) is 13.5. The van der Waals surface area contributed by atoms with E-state index in [1.54, 1.807) is 48.5 Å². The Balaban J connectivity index is 1.46. The summed E-state index contributed by atoms with van der Waals surface area (Å²) < 4.78 is 12.8. The smallest absolute Gasteiger partial charge is 0.313 e. The number of non-ortho nitro benzene ring substituents is 1. The molecule has 12 nitrogen and oxygen atoms in total. The van der Waals surface area contributed by atoms with Crippen molar-refractivity contribution < 1.29 is 19.0 Å². The second kappa shape index (κ2) is 11.6. The molecule has 6 aromatic rings. The topological polar surface area (TPSA) is 156 Å². The van der Waals surface area contributed by atoms with Crippen LogP contribution in [0.2, 0.25) is 10.0 Å². The van der Waals surface area contributed by atoms with Crippen LogP contribution in [0.15, 0.2) is 99.2 Å². The fourth-order valence-electron chi connectivity index (χ4n) is 4.49. The lowest BCUT2D eigenvalue weighted by atomic mass is 10.1. The van der Waals surface area contributed by atoms with Crippen LogP contribution in [-0.4, -0.2) is 25.7 Å². The van der Waals surface area contributed by atoms with Crippen molar-refractivity contribution in [3.63, 3.8) is 0 Å². The van der Waals surface area contributed by atoms with Gasteiger partial charge in [-0.15, -0.1) is 0 Å². The van der Waals surface area contributed by atoms with Crippen LogP contribution >= 0.6 is 23.2 Å². The number of para-hydroxylation sites is 1. The SMILES string of the molecule is O=c1c2ccccc2nc(-c2cc3cc(Cl)ccc3o2)n1N=Cc1cc(Cl)cc([N+](=O)[O-])c1OCc1ccc([N+](=O)[O-])cc1. The van der Waals surface area contributed by atoms with E-state index in [9.17, 15) is 25.0 Å². The highest BCUT2D eigenvalue weighted by atomic mass is 35.5. The molecule has 0 saturated carbocycles. The zero-order chi connectivity index (χ0) is 31.0. The Bertz CT molecular complexity index is 2190. The summed E-state index contributed by atoms with van der Waals surface area (Å²) in [5.41, 5.74) is 0.442. The first-order chi connectivity index (χ1) is 21.2. The van der Waals surface area contributed by atoms with Gasteiger partial charge in [0.2, 0.25) is 11.6 Å². The molecule has 0 unspecified atom stereocenters. The van der Waals surface area contributed by atoms with Crippen LogP contribution in [0.25, 0.3) is 33.5 Å². The molecule has 0 aliphatic rings. The molecule has 0 atom stereocenters. The number of hydrogen-bond acceptors (Lipinski definition) is 9. The first-order valence-electron chi connectivity index (χ1n) is 12.8. The van der Waals surface area contributed by atoms with Crippen molar-refractivity contribution in [3.05, 3.63) is 137 Å². The third-order valence-corrected chi connectivity index (χ3v) is 7.01. The number of fused-ring (bicyclic) bond motifs is 2. The second-order valence-electron chi connectivity index (χ2n) is 9.42. The Kier molecular flexibility index (Phi) is 7.51. The number of ether oxygens (including phenoxy) is 1. The predicted octanol–water partition coefficient (Wildman–Crippen LogP) is 7.39. The maximum absolute atomic E-state index is 13.7. The quantitative estimate of drug-likeness (QED) is 0.0957. The van der Waals surface area contributed by atoms with Crippen LogP contribution in [0.4, 0.5) is 11.4 Å². The van der Waals surface area contributed by atoms with E-state index >= 15 is 0 Å². The highest BCUT2D eigenvalue weighted by Gasteiger charge is 2.22. The molecule has 2 heterocycles. The maximum atomic E-state index is 13.7. The Morgan fingerprint density at radius 2 is 1.70 bits per heavy atom. The average Bonchev–Trinajstić information content (AvgIpc) is 3.43. The number of furan rings is 1. The lowest BCUT2D eigenvalue weighted by Crippen LogP contribution is -2.20. The van der Waals surface area contributed by atoms with Gasteiger partial charge in [-0.1, -0.05) is 35.3 Å². The van der Waals surface area contributed by atoms with Gasteiger partial charge in [0, 0.05) is 39.2 Å². The molecule has 0 aliphatic carbocycles. The minimum Gasteiger partial charge on any atom is -0.481 e. The summed E-state index contributed by atoms with van der Waals surface area (Å²) in [6.45, 7) is -0.161. The molecule has 4 aromatic carbocycles. The van der Waals surface area contributed by atoms with Crippen LogP contribution in [-0.2, 0) is 6.61 Å². The molecule has 0 fully saturated rings. The third-order valence-electron chi connectivity index (χ3n) is 6.55. The number of hydrogen-bond donors (Lipinski definition) is 0. The molecular weight excluding hydrogens is 613 g/mol. The zero-order valence-corrected chi connectivity index (χ0v) is 23.7. The van der Waals surface area contributed by atoms with Gasteiger partial charge in [0.05, 0.1) is 27.0 Å². The number of benzene rings is 4. The average molecular weight is 630 g/mol. The fourth-order valence-corrected chi connectivity index (χ4v) is 4.89. The number of nitro benzene ring substituents is 2. The van der Waals surface area contributed by atoms with Gasteiger partial charge >= 0.3 is 5.69 Å². The molecule has 0 N–H and O–H groups in total. The Labute approximate surface area is 256 Å². The van der Waals surface area contributed by atoms with E-state index in [1.807, 2.05) is 0 Å². The van der Waals surface area contributed by atoms with Gasteiger partial charge in [0.1, 0.15) is 12.2 Å². The first kappa shape index (κ1) is 28.5. The van der Waals surface area contributed by atoms with E-state index < -0.39 is 21.1 Å². The molecule has 0 bridgehead atoms. The summed E-state index contributed by atoms with van der Waals surface area (Å²) in [6, 6.07) is 21.5. The second-order valence-corrected chi connectivity index (χ2v) is 10.3. The highest BCUT2D eigenvalue weighted by molar-refractivity contribution is 6.31. The zero-order valence-electron chi connectivity index (χ0n) is 22.2. The summed E-state index contributed by atoms with van der Waals surface area (Å²) >= 11 is 12.4. The van der Waals surface area contributed by atoms with Gasteiger partial charge in [-0.25, -0.2) is 4.98 Å². The van der Waals surface area contributed by atoms with Gasteiger partial charge in [-0.05, 0) is 60.2 Å². The van der Waals surface area contributed by atoms with Gasteiger partial charge in [0.15, 0.2) is 5.76 Å². The van der Waals surface area contributed by atoms with E-state index in [0.717, 1.165) is 10.7 Å². The van der Waals surface area contributed by atoms with Crippen molar-refractivity contribution in [1.82, 2.24) is 9.66 Å². The molecule has 0 aliphatic heterocycles. The number of aromatic nitrogens is 2. The van der Waals surface area contributed by atoms with Crippen LogP contribution < -0.4 is 10.3 Å². The van der Waals surface area contributed by atoms with Crippen molar-refractivity contribution in [3.8, 4) is 17.3 Å². The lowest BCUT2D eigenvalue weighted by molar-refractivity contribution is -0.386. The molecule has 0 amide bonds. The Hall–Kier alpha value is -5.59. The number of halogens is 2. The standard InChI is InChI=1S/C30H17Cl2N5O7/c31-20-7-10-26-18(11-20)13-27(44-26)29-34-24-4-2-1-3-23(24)30(38)35(29)33-15-19-12-21(32)14-25(37(41)42)28(19)43-16-17-5-8-22(9-6-17)36(39)40/h1-15H,16H2. The number of nitro groups is 2. The number of rotatable bonds is 8. The number of nitrogens with zero attached hydrogens (tertiary/aromatic N) is 5. The third kappa shape index (κ3) is 5.59. The normalized spacial score (nSPS) is 11.4. The summed E-state index contributed by atoms with van der Waals surface area (Å²) in [5, 5.41) is 28.8. The van der Waals surface area contributed by atoms with Gasteiger partial charge < -0.3 is 9.15 Å². The molecule has 218 valence electrons. The van der Waals surface area contributed by atoms with Crippen LogP contribution in [0, 0.1) is 20.2 Å². The minimum absolute atomic E-state index is 0.0270. The molecule has 44 heavy (non-hydrogen) atoms. The van der Waals surface area contributed by atoms with Crippen LogP contribution in [0.1, 0.15) is 11.1 Å². The highest BCUT2D eigenvalue weighted by Crippen LogP contribution is 2.35. The summed E-state index contributed by atoms with van der Waals surface area (Å²) in [5.74, 6) is 0.124. The molecule has 14 heteroatoms. The minimum atomic E-state index is -0.664. The summed E-state index contributed by atoms with van der Waals surface area (Å²) in [4.78, 5) is 40.0. The molecule has 0 spiro atoms. The molecule has 0 saturated heterocycles. The molecule has 6 rings (SSSR count). The van der Waals surface area contributed by atoms with Gasteiger partial charge in [-0.2, -0.15) is 9.78 Å². The Morgan fingerprint density at radius 1 is 0.932 bits per heavy atom. The van der Waals surface area contributed by atoms with Gasteiger partial charge in [-0.3, -0.25) is 25.0 Å². The van der Waals surface area contributed by atoms with E-state index in [0.29, 0.717) is 27.1 Å². The summed E-state index contributed by atoms with van der Waals surface area (Å²) in [7, 11) is 0. The van der Waals surface area contributed by atoms with Crippen LogP contribution in [0.3, 0.4) is 0 Å². The van der Waals surface area contributed by atoms with Crippen LogP contribution in [0.5, 0.6) is 5.75 Å². The molecular formula is C30H17Cl2N5O7. The van der Waals surface area contributed by atoms with Crippen molar-refractivity contribution in [2.75, 3.05) is 0 Å². The van der Waals surface area contributed by atoms with Crippen molar-refractivity contribution in [2.24, 2.45) is 5.10 Å². The summed E-state index contributed by atoms with van der Waals surface area (Å²) in [6.07, 6.45) is 1.20.